The molecule has 8 nitrogen and oxygen atoms in total. The van der Waals surface area contributed by atoms with E-state index in [2.05, 4.69) is 15.1 Å². The van der Waals surface area contributed by atoms with E-state index in [9.17, 15) is 4.79 Å². The third-order valence-electron chi connectivity index (χ3n) is 5.39. The van der Waals surface area contributed by atoms with Gasteiger partial charge in [0.2, 0.25) is 0 Å². The zero-order valence-corrected chi connectivity index (χ0v) is 15.7. The predicted octanol–water partition coefficient (Wildman–Crippen LogP) is 2.17. The first-order valence-electron chi connectivity index (χ1n) is 9.32. The molecule has 4 rings (SSSR count). The van der Waals surface area contributed by atoms with Gasteiger partial charge in [0.15, 0.2) is 0 Å². The van der Waals surface area contributed by atoms with Gasteiger partial charge in [-0.15, -0.1) is 0 Å². The lowest BCUT2D eigenvalue weighted by Crippen LogP contribution is -2.66. The molecule has 1 atom stereocenters. The average Bonchev–Trinajstić information content (AvgIpc) is 2.99. The molecule has 2 fully saturated rings. The number of aromatic nitrogens is 3. The van der Waals surface area contributed by atoms with Crippen molar-refractivity contribution in [1.82, 2.24) is 20.0 Å². The summed E-state index contributed by atoms with van der Waals surface area (Å²) in [4.78, 5) is 22.7. The first-order valence-corrected chi connectivity index (χ1v) is 9.32. The van der Waals surface area contributed by atoms with Gasteiger partial charge in [-0.1, -0.05) is 5.16 Å². The lowest BCUT2D eigenvalue weighted by Gasteiger charge is -2.53. The Labute approximate surface area is 157 Å². The molecule has 2 aliphatic rings. The lowest BCUT2D eigenvalue weighted by atomic mass is 9.79. The van der Waals surface area contributed by atoms with Crippen molar-refractivity contribution >= 4 is 5.91 Å². The Morgan fingerprint density at radius 3 is 2.81 bits per heavy atom. The highest BCUT2D eigenvalue weighted by atomic mass is 16.5. The number of rotatable bonds is 5. The standard InChI is InChI=1S/C19H24N4O4/c1-13-16(14(2)27-22-13)17(24)23-11-19(12-23)10-15(5-9-26-19)4-8-25-18-20-6-3-7-21-18/h3,6-7,15H,4-5,8-12H2,1-2H3/t15-/m0/s1. The van der Waals surface area contributed by atoms with Gasteiger partial charge in [-0.3, -0.25) is 4.79 Å². The van der Waals surface area contributed by atoms with Crippen LogP contribution < -0.4 is 4.74 Å². The molecule has 0 N–H and O–H groups in total. The normalized spacial score (nSPS) is 21.1. The second kappa shape index (κ2) is 7.26. The average molecular weight is 372 g/mol. The molecule has 8 heteroatoms. The quantitative estimate of drug-likeness (QED) is 0.794. The van der Waals surface area contributed by atoms with E-state index in [1.54, 1.807) is 32.3 Å². The van der Waals surface area contributed by atoms with Crippen LogP contribution in [0.3, 0.4) is 0 Å². The van der Waals surface area contributed by atoms with Gasteiger partial charge in [0.25, 0.3) is 5.91 Å². The summed E-state index contributed by atoms with van der Waals surface area (Å²) in [6.07, 6.45) is 6.23. The van der Waals surface area contributed by atoms with E-state index in [1.165, 1.54) is 0 Å². The minimum absolute atomic E-state index is 0.0211. The Hall–Kier alpha value is -2.48. The fourth-order valence-corrected chi connectivity index (χ4v) is 4.01. The Kier molecular flexibility index (Phi) is 4.82. The molecular weight excluding hydrogens is 348 g/mol. The molecule has 0 saturated carbocycles. The van der Waals surface area contributed by atoms with Crippen LogP contribution in [0.15, 0.2) is 23.0 Å². The van der Waals surface area contributed by atoms with Crippen molar-refractivity contribution in [2.24, 2.45) is 5.92 Å². The Morgan fingerprint density at radius 2 is 2.11 bits per heavy atom. The van der Waals surface area contributed by atoms with Gasteiger partial charge < -0.3 is 18.9 Å². The molecule has 0 unspecified atom stereocenters. The fourth-order valence-electron chi connectivity index (χ4n) is 4.01. The largest absolute Gasteiger partial charge is 0.463 e. The van der Waals surface area contributed by atoms with E-state index < -0.39 is 0 Å². The number of ether oxygens (including phenoxy) is 2. The molecule has 2 saturated heterocycles. The Bertz CT molecular complexity index is 782. The van der Waals surface area contributed by atoms with Crippen LogP contribution in [0.1, 0.15) is 41.1 Å². The molecule has 27 heavy (non-hydrogen) atoms. The molecular formula is C19H24N4O4. The smallest absolute Gasteiger partial charge is 0.316 e. The van der Waals surface area contributed by atoms with Crippen LogP contribution >= 0.6 is 0 Å². The zero-order chi connectivity index (χ0) is 18.9. The van der Waals surface area contributed by atoms with Gasteiger partial charge in [-0.2, -0.15) is 0 Å². The summed E-state index contributed by atoms with van der Waals surface area (Å²) in [6, 6.07) is 2.18. The third kappa shape index (κ3) is 3.66. The minimum Gasteiger partial charge on any atom is -0.463 e. The van der Waals surface area contributed by atoms with Crippen LogP contribution in [-0.2, 0) is 4.74 Å². The molecule has 144 valence electrons. The van der Waals surface area contributed by atoms with Crippen molar-refractivity contribution in [1.29, 1.82) is 0 Å². The zero-order valence-electron chi connectivity index (χ0n) is 15.7. The maximum absolute atomic E-state index is 12.7. The second-order valence-electron chi connectivity index (χ2n) is 7.42. The molecule has 0 aliphatic carbocycles. The van der Waals surface area contributed by atoms with Crippen molar-refractivity contribution in [2.75, 3.05) is 26.3 Å². The van der Waals surface area contributed by atoms with E-state index in [1.807, 2.05) is 4.90 Å². The summed E-state index contributed by atoms with van der Waals surface area (Å²) in [5.74, 6) is 1.06. The van der Waals surface area contributed by atoms with Gasteiger partial charge in [0.1, 0.15) is 16.9 Å². The highest BCUT2D eigenvalue weighted by Crippen LogP contribution is 2.39. The van der Waals surface area contributed by atoms with E-state index in [0.717, 1.165) is 25.9 Å². The van der Waals surface area contributed by atoms with Crippen LogP contribution in [0.2, 0.25) is 0 Å². The third-order valence-corrected chi connectivity index (χ3v) is 5.39. The fraction of sp³-hybridized carbons (Fsp3) is 0.579. The van der Waals surface area contributed by atoms with E-state index in [0.29, 0.717) is 48.6 Å². The monoisotopic (exact) mass is 372 g/mol. The molecule has 0 aromatic carbocycles. The molecule has 0 bridgehead atoms. The Morgan fingerprint density at radius 1 is 1.33 bits per heavy atom. The molecule has 2 aromatic rings. The van der Waals surface area contributed by atoms with Gasteiger partial charge in [-0.25, -0.2) is 9.97 Å². The van der Waals surface area contributed by atoms with Gasteiger partial charge >= 0.3 is 6.01 Å². The maximum atomic E-state index is 12.7. The molecule has 2 aliphatic heterocycles. The minimum atomic E-state index is -0.221. The lowest BCUT2D eigenvalue weighted by molar-refractivity contribution is -0.166. The van der Waals surface area contributed by atoms with E-state index in [-0.39, 0.29) is 11.5 Å². The van der Waals surface area contributed by atoms with Crippen molar-refractivity contribution in [3.05, 3.63) is 35.5 Å². The predicted molar refractivity (Wildman–Crippen MR) is 95.4 cm³/mol. The van der Waals surface area contributed by atoms with E-state index >= 15 is 0 Å². The maximum Gasteiger partial charge on any atom is 0.316 e. The second-order valence-corrected chi connectivity index (χ2v) is 7.42. The summed E-state index contributed by atoms with van der Waals surface area (Å²) in [6.45, 7) is 6.12. The van der Waals surface area contributed by atoms with Crippen LogP contribution in [0.5, 0.6) is 6.01 Å². The molecule has 2 aromatic heterocycles. The number of carbonyl (C=O) groups excluding carboxylic acids is 1. The van der Waals surface area contributed by atoms with Crippen LogP contribution in [0.25, 0.3) is 0 Å². The van der Waals surface area contributed by atoms with Crippen LogP contribution in [0.4, 0.5) is 0 Å². The summed E-state index contributed by atoms with van der Waals surface area (Å²) in [5, 5.41) is 3.87. The molecule has 1 spiro atoms. The SMILES string of the molecule is Cc1noc(C)c1C(=O)N1CC2(C[C@@H](CCOc3ncccn3)CCO2)C1. The summed E-state index contributed by atoms with van der Waals surface area (Å²) >= 11 is 0. The van der Waals surface area contributed by atoms with Gasteiger partial charge in [-0.05, 0) is 45.1 Å². The van der Waals surface area contributed by atoms with Crippen molar-refractivity contribution in [3.8, 4) is 6.01 Å². The number of aryl methyl sites for hydroxylation is 2. The van der Waals surface area contributed by atoms with E-state index in [4.69, 9.17) is 14.0 Å². The van der Waals surface area contributed by atoms with Gasteiger partial charge in [0, 0.05) is 19.0 Å². The van der Waals surface area contributed by atoms with Crippen molar-refractivity contribution < 1.29 is 18.8 Å². The molecule has 1 amide bonds. The number of nitrogens with zero attached hydrogens (tertiary/aromatic N) is 4. The van der Waals surface area contributed by atoms with Crippen LogP contribution in [-0.4, -0.2) is 57.8 Å². The first-order chi connectivity index (χ1) is 13.1. The van der Waals surface area contributed by atoms with Crippen molar-refractivity contribution in [2.45, 2.75) is 38.7 Å². The number of hydrogen-bond donors (Lipinski definition) is 0. The topological polar surface area (TPSA) is 90.6 Å². The summed E-state index contributed by atoms with van der Waals surface area (Å²) in [5.41, 5.74) is 0.996. The van der Waals surface area contributed by atoms with Gasteiger partial charge in [0.05, 0.1) is 25.4 Å². The van der Waals surface area contributed by atoms with Crippen LogP contribution in [0, 0.1) is 19.8 Å². The summed E-state index contributed by atoms with van der Waals surface area (Å²) in [7, 11) is 0. The highest BCUT2D eigenvalue weighted by Gasteiger charge is 2.49. The number of hydrogen-bond acceptors (Lipinski definition) is 7. The van der Waals surface area contributed by atoms with Crippen molar-refractivity contribution in [3.63, 3.8) is 0 Å². The Balaban J connectivity index is 1.28. The number of amides is 1. The highest BCUT2D eigenvalue weighted by molar-refractivity contribution is 5.96. The molecule has 0 radical (unpaired) electrons. The number of likely N-dealkylation sites (tertiary alicyclic amines) is 1. The summed E-state index contributed by atoms with van der Waals surface area (Å²) < 4.78 is 16.8. The number of carbonyl (C=O) groups is 1. The molecule has 4 heterocycles. The first kappa shape index (κ1) is 17.9.